The second-order valence-electron chi connectivity index (χ2n) is 1.13. The van der Waals surface area contributed by atoms with Gasteiger partial charge in [0.2, 0.25) is 0 Å². The molecular weight excluding hydrogens is 134 g/mol. The second kappa shape index (κ2) is 4.02. The molecule has 0 spiro atoms. The molecule has 0 saturated carbocycles. The van der Waals surface area contributed by atoms with Gasteiger partial charge >= 0.3 is 6.09 Å². The van der Waals surface area contributed by atoms with Crippen molar-refractivity contribution in [3.63, 3.8) is 0 Å². The third kappa shape index (κ3) is 4.95. The van der Waals surface area contributed by atoms with E-state index in [2.05, 4.69) is 10.6 Å². The summed E-state index contributed by atoms with van der Waals surface area (Å²) in [4.78, 5) is 9.92. The predicted octanol–water partition coefficient (Wildman–Crippen LogP) is -0.149. The Morgan fingerprint density at radius 2 is 2.33 bits per heavy atom. The average molecular weight is 140 g/mol. The molecule has 6 heteroatoms. The zero-order valence-electron chi connectivity index (χ0n) is 4.43. The van der Waals surface area contributed by atoms with Crippen molar-refractivity contribution in [1.82, 2.24) is 5.43 Å². The molecular formula is C3H6F2N2O2. The zero-order valence-corrected chi connectivity index (χ0v) is 4.43. The molecule has 0 aromatic carbocycles. The zero-order chi connectivity index (χ0) is 7.28. The summed E-state index contributed by atoms with van der Waals surface area (Å²) < 4.78 is 26.2. The first-order chi connectivity index (χ1) is 4.16. The molecule has 0 rings (SSSR count). The van der Waals surface area contributed by atoms with Crippen LogP contribution >= 0.6 is 0 Å². The molecule has 54 valence electrons. The Morgan fingerprint density at radius 1 is 1.78 bits per heavy atom. The summed E-state index contributed by atoms with van der Waals surface area (Å²) in [5.41, 5.74) is 1.53. The summed E-state index contributed by atoms with van der Waals surface area (Å²) in [6, 6.07) is 0. The minimum atomic E-state index is -2.65. The standard InChI is InChI=1S/C3H6F2N2O2/c4-2(5)1-9-3(8)7-6/h2H,1,6H2,(H,7,8). The molecule has 0 atom stereocenters. The molecule has 0 saturated heterocycles. The van der Waals surface area contributed by atoms with Crippen LogP contribution in [0.2, 0.25) is 0 Å². The molecule has 0 aromatic heterocycles. The Bertz CT molecular complexity index is 97.8. The van der Waals surface area contributed by atoms with Crippen LogP contribution in [0.15, 0.2) is 0 Å². The van der Waals surface area contributed by atoms with E-state index in [0.29, 0.717) is 0 Å². The Balaban J connectivity index is 3.17. The molecule has 0 fully saturated rings. The van der Waals surface area contributed by atoms with Crippen molar-refractivity contribution in [2.45, 2.75) is 6.43 Å². The quantitative estimate of drug-likeness (QED) is 0.318. The lowest BCUT2D eigenvalue weighted by Crippen LogP contribution is -2.31. The molecule has 0 aliphatic carbocycles. The number of carbonyl (C=O) groups excluding carboxylic acids is 1. The lowest BCUT2D eigenvalue weighted by molar-refractivity contribution is 0.0489. The summed E-state index contributed by atoms with van der Waals surface area (Å²) in [5, 5.41) is 0. The van der Waals surface area contributed by atoms with Crippen molar-refractivity contribution < 1.29 is 18.3 Å². The first-order valence-electron chi connectivity index (χ1n) is 2.08. The second-order valence-corrected chi connectivity index (χ2v) is 1.13. The minimum Gasteiger partial charge on any atom is -0.443 e. The summed E-state index contributed by atoms with van der Waals surface area (Å²) in [7, 11) is 0. The fourth-order valence-corrected chi connectivity index (χ4v) is 0.180. The SMILES string of the molecule is NNC(=O)OCC(F)F. The number of rotatable bonds is 2. The first-order valence-corrected chi connectivity index (χ1v) is 2.08. The molecule has 0 radical (unpaired) electrons. The Hall–Kier alpha value is -0.910. The van der Waals surface area contributed by atoms with Crippen molar-refractivity contribution in [2.75, 3.05) is 6.61 Å². The molecule has 0 bridgehead atoms. The van der Waals surface area contributed by atoms with E-state index in [-0.39, 0.29) is 0 Å². The number of carbonyl (C=O) groups is 1. The van der Waals surface area contributed by atoms with Gasteiger partial charge < -0.3 is 4.74 Å². The number of halogens is 2. The van der Waals surface area contributed by atoms with E-state index in [0.717, 1.165) is 0 Å². The van der Waals surface area contributed by atoms with Gasteiger partial charge in [0.1, 0.15) is 0 Å². The molecule has 0 aromatic rings. The predicted molar refractivity (Wildman–Crippen MR) is 24.7 cm³/mol. The fourth-order valence-electron chi connectivity index (χ4n) is 0.180. The van der Waals surface area contributed by atoms with E-state index in [9.17, 15) is 13.6 Å². The molecule has 9 heavy (non-hydrogen) atoms. The molecule has 0 aliphatic rings. The van der Waals surface area contributed by atoms with Gasteiger partial charge in [-0.15, -0.1) is 0 Å². The van der Waals surface area contributed by atoms with Gasteiger partial charge in [-0.05, 0) is 0 Å². The van der Waals surface area contributed by atoms with Gasteiger partial charge in [-0.3, -0.25) is 5.43 Å². The molecule has 4 nitrogen and oxygen atoms in total. The first kappa shape index (κ1) is 8.09. The van der Waals surface area contributed by atoms with E-state index in [1.54, 1.807) is 0 Å². The highest BCUT2D eigenvalue weighted by Crippen LogP contribution is 1.91. The fraction of sp³-hybridized carbons (Fsp3) is 0.667. The van der Waals surface area contributed by atoms with Crippen LogP contribution in [0.3, 0.4) is 0 Å². The smallest absolute Gasteiger partial charge is 0.421 e. The Labute approximate surface area is 49.9 Å². The summed E-state index contributed by atoms with van der Waals surface area (Å²) >= 11 is 0. The highest BCUT2D eigenvalue weighted by atomic mass is 19.3. The number of hydrazine groups is 1. The molecule has 0 heterocycles. The van der Waals surface area contributed by atoms with Gasteiger partial charge in [-0.2, -0.15) is 0 Å². The van der Waals surface area contributed by atoms with E-state index in [4.69, 9.17) is 0 Å². The summed E-state index contributed by atoms with van der Waals surface area (Å²) in [5.74, 6) is 4.49. The van der Waals surface area contributed by atoms with E-state index in [1.807, 2.05) is 0 Å². The van der Waals surface area contributed by atoms with Crippen molar-refractivity contribution in [3.05, 3.63) is 0 Å². The molecule has 1 amide bonds. The lowest BCUT2D eigenvalue weighted by atomic mass is 10.8. The number of ether oxygens (including phenoxy) is 1. The number of nitrogens with one attached hydrogen (secondary N) is 1. The maximum absolute atomic E-state index is 11.2. The van der Waals surface area contributed by atoms with Crippen LogP contribution in [-0.4, -0.2) is 19.1 Å². The molecule has 0 aliphatic heterocycles. The third-order valence-electron chi connectivity index (χ3n) is 0.458. The molecule has 0 unspecified atom stereocenters. The third-order valence-corrected chi connectivity index (χ3v) is 0.458. The number of hydrogen-bond acceptors (Lipinski definition) is 3. The van der Waals surface area contributed by atoms with Crippen molar-refractivity contribution in [2.24, 2.45) is 5.84 Å². The van der Waals surface area contributed by atoms with E-state index < -0.39 is 19.1 Å². The van der Waals surface area contributed by atoms with Crippen LogP contribution in [0.25, 0.3) is 0 Å². The minimum absolute atomic E-state index is 0.928. The largest absolute Gasteiger partial charge is 0.443 e. The van der Waals surface area contributed by atoms with Gasteiger partial charge in [0.15, 0.2) is 6.61 Å². The van der Waals surface area contributed by atoms with Gasteiger partial charge in [-0.25, -0.2) is 19.4 Å². The van der Waals surface area contributed by atoms with Crippen LogP contribution in [0.4, 0.5) is 13.6 Å². The number of nitrogens with two attached hydrogens (primary N) is 1. The summed E-state index contributed by atoms with van der Waals surface area (Å²) in [6.45, 7) is -0.928. The summed E-state index contributed by atoms with van der Waals surface area (Å²) in [6.07, 6.45) is -3.71. The normalized spacial score (nSPS) is 9.33. The number of alkyl halides is 2. The Kier molecular flexibility index (Phi) is 3.61. The van der Waals surface area contributed by atoms with Crippen LogP contribution in [-0.2, 0) is 4.74 Å². The van der Waals surface area contributed by atoms with Gasteiger partial charge in [0, 0.05) is 0 Å². The van der Waals surface area contributed by atoms with Crippen LogP contribution < -0.4 is 11.3 Å². The van der Waals surface area contributed by atoms with Gasteiger partial charge in [0.05, 0.1) is 0 Å². The van der Waals surface area contributed by atoms with E-state index >= 15 is 0 Å². The number of amides is 1. The van der Waals surface area contributed by atoms with Crippen LogP contribution in [0.1, 0.15) is 0 Å². The van der Waals surface area contributed by atoms with Crippen molar-refractivity contribution in [1.29, 1.82) is 0 Å². The topological polar surface area (TPSA) is 64.3 Å². The highest BCUT2D eigenvalue weighted by molar-refractivity contribution is 5.66. The van der Waals surface area contributed by atoms with Crippen LogP contribution in [0.5, 0.6) is 0 Å². The van der Waals surface area contributed by atoms with Gasteiger partial charge in [0.25, 0.3) is 6.43 Å². The van der Waals surface area contributed by atoms with Gasteiger partial charge in [-0.1, -0.05) is 0 Å². The lowest BCUT2D eigenvalue weighted by Gasteiger charge is -2.00. The average Bonchev–Trinajstić information content (AvgIpc) is 1.83. The monoisotopic (exact) mass is 140 g/mol. The van der Waals surface area contributed by atoms with Crippen molar-refractivity contribution >= 4 is 6.09 Å². The molecule has 3 N–H and O–H groups in total. The van der Waals surface area contributed by atoms with E-state index in [1.165, 1.54) is 5.43 Å². The Morgan fingerprint density at radius 3 is 2.67 bits per heavy atom. The van der Waals surface area contributed by atoms with Crippen molar-refractivity contribution in [3.8, 4) is 0 Å². The highest BCUT2D eigenvalue weighted by Gasteiger charge is 2.05. The van der Waals surface area contributed by atoms with Crippen LogP contribution in [0, 0.1) is 0 Å². The maximum Gasteiger partial charge on any atom is 0.421 e. The maximum atomic E-state index is 11.2. The number of hydrogen-bond donors (Lipinski definition) is 2.